The second-order valence-electron chi connectivity index (χ2n) is 5.61. The van der Waals surface area contributed by atoms with Crippen LogP contribution in [0, 0.1) is 11.3 Å². The van der Waals surface area contributed by atoms with Crippen LogP contribution in [0.3, 0.4) is 0 Å². The molecule has 1 aromatic carbocycles. The van der Waals surface area contributed by atoms with Gasteiger partial charge in [0.05, 0.1) is 5.41 Å². The van der Waals surface area contributed by atoms with Gasteiger partial charge in [-0.25, -0.2) is 4.79 Å². The molecular weight excluding hydrogens is 258 g/mol. The smallest absolute Gasteiger partial charge is 0.410 e. The molecule has 20 heavy (non-hydrogen) atoms. The molecule has 1 amide bonds. The van der Waals surface area contributed by atoms with Crippen molar-refractivity contribution in [3.05, 3.63) is 35.9 Å². The number of carbonyl (C=O) groups excluding carboxylic acids is 1. The maximum atomic E-state index is 12.0. The van der Waals surface area contributed by atoms with E-state index in [0.717, 1.165) is 12.0 Å². The molecule has 1 N–H and O–H groups in total. The van der Waals surface area contributed by atoms with Crippen LogP contribution in [0.5, 0.6) is 0 Å². The zero-order chi connectivity index (χ0) is 14.2. The lowest BCUT2D eigenvalue weighted by atomic mass is 9.98. The Morgan fingerprint density at radius 2 is 2.10 bits per heavy atom. The second-order valence-corrected chi connectivity index (χ2v) is 5.61. The Bertz CT molecular complexity index is 530. The van der Waals surface area contributed by atoms with Gasteiger partial charge < -0.3 is 14.7 Å². The molecule has 0 spiro atoms. The summed E-state index contributed by atoms with van der Waals surface area (Å²) in [6, 6.07) is 9.45. The van der Waals surface area contributed by atoms with Crippen molar-refractivity contribution >= 4 is 12.1 Å². The molecule has 0 radical (unpaired) electrons. The third kappa shape index (κ3) is 2.24. The minimum atomic E-state index is -0.789. The molecule has 2 aliphatic rings. The first-order chi connectivity index (χ1) is 9.62. The molecule has 1 aromatic rings. The Kier molecular flexibility index (Phi) is 3.12. The molecule has 2 unspecified atom stereocenters. The van der Waals surface area contributed by atoms with Gasteiger partial charge in [-0.1, -0.05) is 30.3 Å². The normalized spacial score (nSPS) is 27.6. The monoisotopic (exact) mass is 275 g/mol. The van der Waals surface area contributed by atoms with Crippen molar-refractivity contribution in [1.29, 1.82) is 0 Å². The van der Waals surface area contributed by atoms with Crippen molar-refractivity contribution < 1.29 is 19.4 Å². The predicted molar refractivity (Wildman–Crippen MR) is 71.0 cm³/mol. The zero-order valence-electron chi connectivity index (χ0n) is 11.1. The molecule has 5 nitrogen and oxygen atoms in total. The van der Waals surface area contributed by atoms with E-state index in [1.54, 1.807) is 0 Å². The van der Waals surface area contributed by atoms with Gasteiger partial charge in [0.2, 0.25) is 0 Å². The van der Waals surface area contributed by atoms with Crippen LogP contribution in [0.4, 0.5) is 4.79 Å². The molecule has 1 heterocycles. The summed E-state index contributed by atoms with van der Waals surface area (Å²) in [6.07, 6.45) is 1.03. The van der Waals surface area contributed by atoms with E-state index in [-0.39, 0.29) is 19.1 Å². The van der Waals surface area contributed by atoms with E-state index in [1.807, 2.05) is 30.3 Å². The number of hydrogen-bond donors (Lipinski definition) is 1. The highest BCUT2D eigenvalue weighted by molar-refractivity contribution is 5.80. The number of benzene rings is 1. The lowest BCUT2D eigenvalue weighted by Gasteiger charge is -2.29. The molecule has 2 fully saturated rings. The molecule has 0 bridgehead atoms. The van der Waals surface area contributed by atoms with E-state index >= 15 is 0 Å². The molecule has 1 saturated carbocycles. The Labute approximate surface area is 117 Å². The van der Waals surface area contributed by atoms with Crippen LogP contribution >= 0.6 is 0 Å². The van der Waals surface area contributed by atoms with E-state index < -0.39 is 17.5 Å². The van der Waals surface area contributed by atoms with Crippen molar-refractivity contribution in [3.63, 3.8) is 0 Å². The van der Waals surface area contributed by atoms with Gasteiger partial charge in [0.15, 0.2) is 0 Å². The van der Waals surface area contributed by atoms with Crippen LogP contribution in [0.2, 0.25) is 0 Å². The van der Waals surface area contributed by atoms with E-state index in [2.05, 4.69) is 0 Å². The highest BCUT2D eigenvalue weighted by atomic mass is 16.6. The fourth-order valence-electron chi connectivity index (χ4n) is 2.98. The SMILES string of the molecule is O=C(OCc1ccccc1)N1CCC2CC2(C(=O)O)C1. The number of carbonyl (C=O) groups is 2. The minimum Gasteiger partial charge on any atom is -0.481 e. The number of ether oxygens (including phenoxy) is 1. The summed E-state index contributed by atoms with van der Waals surface area (Å²) in [4.78, 5) is 24.8. The first-order valence-corrected chi connectivity index (χ1v) is 6.81. The summed E-state index contributed by atoms with van der Waals surface area (Å²) in [6.45, 7) is 1.09. The van der Waals surface area contributed by atoms with Crippen LogP contribution in [-0.2, 0) is 16.1 Å². The lowest BCUT2D eigenvalue weighted by Crippen LogP contribution is -2.44. The number of aliphatic carboxylic acids is 1. The average Bonchev–Trinajstić information content (AvgIpc) is 3.21. The van der Waals surface area contributed by atoms with Crippen molar-refractivity contribution in [1.82, 2.24) is 4.90 Å². The van der Waals surface area contributed by atoms with Crippen molar-refractivity contribution in [2.75, 3.05) is 13.1 Å². The topological polar surface area (TPSA) is 66.8 Å². The summed E-state index contributed by atoms with van der Waals surface area (Å²) in [7, 11) is 0. The van der Waals surface area contributed by atoms with Gasteiger partial charge >= 0.3 is 12.1 Å². The van der Waals surface area contributed by atoms with Crippen molar-refractivity contribution in [3.8, 4) is 0 Å². The van der Waals surface area contributed by atoms with Crippen LogP contribution in [0.15, 0.2) is 30.3 Å². The Morgan fingerprint density at radius 3 is 2.80 bits per heavy atom. The molecular formula is C15H17NO4. The van der Waals surface area contributed by atoms with Gasteiger partial charge in [0, 0.05) is 13.1 Å². The zero-order valence-corrected chi connectivity index (χ0v) is 11.1. The van der Waals surface area contributed by atoms with Crippen LogP contribution in [-0.4, -0.2) is 35.2 Å². The number of rotatable bonds is 3. The molecule has 2 atom stereocenters. The third-order valence-corrected chi connectivity index (χ3v) is 4.34. The predicted octanol–water partition coefficient (Wildman–Crippen LogP) is 2.12. The lowest BCUT2D eigenvalue weighted by molar-refractivity contribution is -0.145. The maximum absolute atomic E-state index is 12.0. The Hall–Kier alpha value is -2.04. The largest absolute Gasteiger partial charge is 0.481 e. The highest BCUT2D eigenvalue weighted by Gasteiger charge is 2.63. The van der Waals surface area contributed by atoms with Crippen molar-refractivity contribution in [2.24, 2.45) is 11.3 Å². The number of carboxylic acids is 1. The minimum absolute atomic E-state index is 0.222. The molecule has 3 rings (SSSR count). The second kappa shape index (κ2) is 4.81. The summed E-state index contributed by atoms with van der Waals surface area (Å²) in [5.74, 6) is -0.554. The fourth-order valence-corrected chi connectivity index (χ4v) is 2.98. The fraction of sp³-hybridized carbons (Fsp3) is 0.467. The van der Waals surface area contributed by atoms with Crippen molar-refractivity contribution in [2.45, 2.75) is 19.4 Å². The number of carboxylic acid groups (broad SMARTS) is 1. The average molecular weight is 275 g/mol. The molecule has 5 heteroatoms. The van der Waals surface area contributed by atoms with E-state index in [9.17, 15) is 14.7 Å². The standard InChI is InChI=1S/C15H17NO4/c17-13(18)15-8-12(15)6-7-16(10-15)14(19)20-9-11-4-2-1-3-5-11/h1-5,12H,6-10H2,(H,17,18). The summed E-state index contributed by atoms with van der Waals surface area (Å²) in [5, 5.41) is 9.27. The van der Waals surface area contributed by atoms with Crippen LogP contribution < -0.4 is 0 Å². The number of fused-ring (bicyclic) bond motifs is 1. The van der Waals surface area contributed by atoms with E-state index in [0.29, 0.717) is 13.0 Å². The quantitative estimate of drug-likeness (QED) is 0.917. The molecule has 106 valence electrons. The summed E-state index contributed by atoms with van der Waals surface area (Å²) in [5.41, 5.74) is 0.222. The summed E-state index contributed by atoms with van der Waals surface area (Å²) >= 11 is 0. The maximum Gasteiger partial charge on any atom is 0.410 e. The van der Waals surface area contributed by atoms with E-state index in [1.165, 1.54) is 4.90 Å². The number of nitrogens with zero attached hydrogens (tertiary/aromatic N) is 1. The molecule has 0 aromatic heterocycles. The van der Waals surface area contributed by atoms with Gasteiger partial charge in [-0.3, -0.25) is 4.79 Å². The molecule has 1 saturated heterocycles. The van der Waals surface area contributed by atoms with Gasteiger partial charge in [-0.05, 0) is 24.3 Å². The Morgan fingerprint density at radius 1 is 1.35 bits per heavy atom. The number of likely N-dealkylation sites (tertiary alicyclic amines) is 1. The highest BCUT2D eigenvalue weighted by Crippen LogP contribution is 2.57. The van der Waals surface area contributed by atoms with Crippen LogP contribution in [0.1, 0.15) is 18.4 Å². The first-order valence-electron chi connectivity index (χ1n) is 6.81. The number of piperidine rings is 1. The van der Waals surface area contributed by atoms with Gasteiger partial charge in [-0.2, -0.15) is 0 Å². The molecule has 1 aliphatic carbocycles. The van der Waals surface area contributed by atoms with Gasteiger partial charge in [-0.15, -0.1) is 0 Å². The van der Waals surface area contributed by atoms with Gasteiger partial charge in [0.1, 0.15) is 6.61 Å². The molecule has 1 aliphatic heterocycles. The first kappa shape index (κ1) is 13.0. The number of amides is 1. The summed E-state index contributed by atoms with van der Waals surface area (Å²) < 4.78 is 5.25. The number of hydrogen-bond acceptors (Lipinski definition) is 3. The van der Waals surface area contributed by atoms with E-state index in [4.69, 9.17) is 4.74 Å². The van der Waals surface area contributed by atoms with Gasteiger partial charge in [0.25, 0.3) is 0 Å². The Balaban J connectivity index is 1.57. The van der Waals surface area contributed by atoms with Crippen LogP contribution in [0.25, 0.3) is 0 Å². The third-order valence-electron chi connectivity index (χ3n) is 4.34.